The van der Waals surface area contributed by atoms with Crippen molar-refractivity contribution >= 4 is 49.7 Å². The van der Waals surface area contributed by atoms with Crippen LogP contribution in [0.25, 0.3) is 60.5 Å². The monoisotopic (exact) mass is 614 g/mol. The van der Waals surface area contributed by atoms with Gasteiger partial charge >= 0.3 is 0 Å². The summed E-state index contributed by atoms with van der Waals surface area (Å²) in [5.74, 6) is 0. The van der Waals surface area contributed by atoms with E-state index >= 15 is 0 Å². The predicted molar refractivity (Wildman–Crippen MR) is 204 cm³/mol. The molecule has 0 radical (unpaired) electrons. The molecule has 7 aromatic carbocycles. The minimum absolute atomic E-state index is 0.934. The Labute approximate surface area is 281 Å². The highest BCUT2D eigenvalue weighted by Crippen LogP contribution is 2.41. The van der Waals surface area contributed by atoms with Crippen molar-refractivity contribution in [3.63, 3.8) is 0 Å². The second-order valence-corrected chi connectivity index (χ2v) is 12.5. The summed E-state index contributed by atoms with van der Waals surface area (Å²) in [6.07, 6.45) is 6.54. The molecule has 0 saturated carbocycles. The van der Waals surface area contributed by atoms with Gasteiger partial charge in [-0.05, 0) is 100 Å². The summed E-state index contributed by atoms with van der Waals surface area (Å²) in [5.41, 5.74) is 12.4. The van der Waals surface area contributed by atoms with Gasteiger partial charge in [-0.3, -0.25) is 0 Å². The van der Waals surface area contributed by atoms with Crippen molar-refractivity contribution < 1.29 is 0 Å². The number of aromatic nitrogens is 1. The van der Waals surface area contributed by atoms with Gasteiger partial charge in [-0.1, -0.05) is 127 Å². The number of allylic oxidation sites excluding steroid dienone is 4. The maximum absolute atomic E-state index is 2.48. The summed E-state index contributed by atoms with van der Waals surface area (Å²) in [4.78, 5) is 2.41. The molecule has 0 saturated heterocycles. The van der Waals surface area contributed by atoms with Gasteiger partial charge in [-0.2, -0.15) is 0 Å². The van der Waals surface area contributed by atoms with E-state index in [2.05, 4.69) is 191 Å². The van der Waals surface area contributed by atoms with Crippen LogP contribution in [-0.4, -0.2) is 4.57 Å². The summed E-state index contributed by atoms with van der Waals surface area (Å²) in [7, 11) is 0. The fourth-order valence-electron chi connectivity index (χ4n) is 7.41. The molecule has 228 valence electrons. The van der Waals surface area contributed by atoms with Gasteiger partial charge in [0, 0.05) is 33.5 Å². The molecule has 0 fully saturated rings. The van der Waals surface area contributed by atoms with Gasteiger partial charge in [0.25, 0.3) is 0 Å². The zero-order valence-electron chi connectivity index (χ0n) is 26.6. The molecule has 0 N–H and O–H groups in total. The molecule has 1 aliphatic rings. The van der Waals surface area contributed by atoms with E-state index in [0.717, 1.165) is 18.5 Å². The highest BCUT2D eigenvalue weighted by atomic mass is 15.1. The molecule has 1 heterocycles. The number of hydrogen-bond acceptors (Lipinski definition) is 1. The van der Waals surface area contributed by atoms with Crippen LogP contribution in [0.2, 0.25) is 0 Å². The third kappa shape index (κ3) is 4.90. The molecular formula is C46H34N2. The van der Waals surface area contributed by atoms with E-state index in [0.29, 0.717) is 0 Å². The molecule has 1 aromatic heterocycles. The first-order chi connectivity index (χ1) is 23.8. The standard InChI is InChI=1S/C46H34N2/c1-3-12-33(13-4-1)36-15-11-16-37(32-36)34-22-25-39(26-23-34)47(38-17-5-2-6-18-38)40-27-29-41(30-28-40)48-44-21-10-9-20-43(44)46-42-19-8-7-14-35(42)24-31-45(46)48/h1-27,29,31-32H,28,30H2. The van der Waals surface area contributed by atoms with Gasteiger partial charge in [0.2, 0.25) is 0 Å². The van der Waals surface area contributed by atoms with E-state index in [1.165, 1.54) is 71.9 Å². The fraction of sp³-hybridized carbons (Fsp3) is 0.0435. The largest absolute Gasteiger partial charge is 0.314 e. The summed E-state index contributed by atoms with van der Waals surface area (Å²) in [6.45, 7) is 0. The van der Waals surface area contributed by atoms with Crippen LogP contribution in [0.15, 0.2) is 188 Å². The maximum Gasteiger partial charge on any atom is 0.0544 e. The first-order valence-electron chi connectivity index (χ1n) is 16.7. The zero-order valence-corrected chi connectivity index (χ0v) is 26.6. The van der Waals surface area contributed by atoms with Gasteiger partial charge in [0.15, 0.2) is 0 Å². The average molecular weight is 615 g/mol. The maximum atomic E-state index is 2.48. The van der Waals surface area contributed by atoms with Crippen LogP contribution in [0.5, 0.6) is 0 Å². The van der Waals surface area contributed by atoms with Crippen molar-refractivity contribution in [2.45, 2.75) is 12.8 Å². The van der Waals surface area contributed by atoms with Gasteiger partial charge in [-0.25, -0.2) is 0 Å². The first kappa shape index (κ1) is 28.1. The Morgan fingerprint density at radius 2 is 1.04 bits per heavy atom. The van der Waals surface area contributed by atoms with E-state index in [9.17, 15) is 0 Å². The lowest BCUT2D eigenvalue weighted by Gasteiger charge is -2.30. The molecular weight excluding hydrogens is 581 g/mol. The number of benzene rings is 7. The molecule has 2 nitrogen and oxygen atoms in total. The van der Waals surface area contributed by atoms with Crippen molar-refractivity contribution in [2.24, 2.45) is 0 Å². The van der Waals surface area contributed by atoms with Gasteiger partial charge < -0.3 is 9.47 Å². The van der Waals surface area contributed by atoms with Crippen LogP contribution in [0.3, 0.4) is 0 Å². The van der Waals surface area contributed by atoms with Crippen molar-refractivity contribution in [3.8, 4) is 22.3 Å². The topological polar surface area (TPSA) is 8.17 Å². The van der Waals surface area contributed by atoms with E-state index in [1.54, 1.807) is 0 Å². The number of rotatable bonds is 6. The molecule has 2 heteroatoms. The Kier molecular flexibility index (Phi) is 6.98. The Morgan fingerprint density at radius 3 is 1.79 bits per heavy atom. The lowest BCUT2D eigenvalue weighted by molar-refractivity contribution is 0.895. The zero-order chi connectivity index (χ0) is 31.9. The van der Waals surface area contributed by atoms with Crippen LogP contribution >= 0.6 is 0 Å². The molecule has 0 atom stereocenters. The quantitative estimate of drug-likeness (QED) is 0.181. The van der Waals surface area contributed by atoms with Crippen molar-refractivity contribution in [3.05, 3.63) is 188 Å². The van der Waals surface area contributed by atoms with Crippen LogP contribution in [0, 0.1) is 0 Å². The summed E-state index contributed by atoms with van der Waals surface area (Å²) >= 11 is 0. The highest BCUT2D eigenvalue weighted by molar-refractivity contribution is 6.21. The highest BCUT2D eigenvalue weighted by Gasteiger charge is 2.21. The van der Waals surface area contributed by atoms with Gasteiger partial charge in [0.1, 0.15) is 0 Å². The Balaban J connectivity index is 1.10. The number of para-hydroxylation sites is 2. The van der Waals surface area contributed by atoms with Crippen molar-refractivity contribution in [2.75, 3.05) is 4.90 Å². The third-order valence-corrected chi connectivity index (χ3v) is 9.68. The van der Waals surface area contributed by atoms with Crippen LogP contribution < -0.4 is 4.90 Å². The molecule has 9 rings (SSSR count). The lowest BCUT2D eigenvalue weighted by atomic mass is 9.98. The van der Waals surface area contributed by atoms with Crippen molar-refractivity contribution in [1.82, 2.24) is 4.57 Å². The lowest BCUT2D eigenvalue weighted by Crippen LogP contribution is -2.18. The van der Waals surface area contributed by atoms with E-state index in [1.807, 2.05) is 0 Å². The first-order valence-corrected chi connectivity index (χ1v) is 16.7. The number of hydrogen-bond donors (Lipinski definition) is 0. The average Bonchev–Trinajstić information content (AvgIpc) is 3.51. The van der Waals surface area contributed by atoms with Gasteiger partial charge in [0.05, 0.1) is 11.0 Å². The fourth-order valence-corrected chi connectivity index (χ4v) is 7.41. The summed E-state index contributed by atoms with van der Waals surface area (Å²) < 4.78 is 2.48. The smallest absolute Gasteiger partial charge is 0.0544 e. The minimum Gasteiger partial charge on any atom is -0.314 e. The van der Waals surface area contributed by atoms with E-state index in [-0.39, 0.29) is 0 Å². The van der Waals surface area contributed by atoms with Gasteiger partial charge in [-0.15, -0.1) is 0 Å². The number of anilines is 2. The van der Waals surface area contributed by atoms with Crippen molar-refractivity contribution in [1.29, 1.82) is 0 Å². The molecule has 0 unspecified atom stereocenters. The molecule has 0 aliphatic heterocycles. The van der Waals surface area contributed by atoms with E-state index in [4.69, 9.17) is 0 Å². The third-order valence-electron chi connectivity index (χ3n) is 9.68. The minimum atomic E-state index is 0.934. The van der Waals surface area contributed by atoms with Crippen LogP contribution in [0.1, 0.15) is 12.8 Å². The Hall–Kier alpha value is -6.12. The molecule has 48 heavy (non-hydrogen) atoms. The van der Waals surface area contributed by atoms with E-state index < -0.39 is 0 Å². The number of fused-ring (bicyclic) bond motifs is 5. The van der Waals surface area contributed by atoms with Crippen LogP contribution in [0.4, 0.5) is 11.4 Å². The molecule has 0 bridgehead atoms. The normalized spacial score (nSPS) is 13.1. The predicted octanol–water partition coefficient (Wildman–Crippen LogP) is 12.6. The molecule has 0 spiro atoms. The SMILES string of the molecule is C1=C(N(c2ccccc2)c2ccc(-c3cccc(-c4ccccc4)c3)cc2)CCC(n2c3ccccc3c3c4ccccc4ccc32)=C1. The number of nitrogens with zero attached hydrogens (tertiary/aromatic N) is 2. The summed E-state index contributed by atoms with van der Waals surface area (Å²) in [6, 6.07) is 61.3. The Bertz CT molecular complexity index is 2480. The van der Waals surface area contributed by atoms with Crippen LogP contribution in [-0.2, 0) is 0 Å². The molecule has 8 aromatic rings. The summed E-state index contributed by atoms with van der Waals surface area (Å²) in [5, 5.41) is 5.23. The second-order valence-electron chi connectivity index (χ2n) is 12.5. The second kappa shape index (κ2) is 11.9. The molecule has 0 amide bonds. The molecule has 1 aliphatic carbocycles. The Morgan fingerprint density at radius 1 is 0.417 bits per heavy atom.